The molecule has 0 aliphatic rings. The molecule has 0 radical (unpaired) electrons. The van der Waals surface area contributed by atoms with Crippen molar-refractivity contribution in [3.05, 3.63) is 24.4 Å². The monoisotopic (exact) mass is 244 g/mol. The van der Waals surface area contributed by atoms with Crippen molar-refractivity contribution in [1.82, 2.24) is 9.71 Å². The standard InChI is InChI=1S/C10H16N2O3S/c1-2-9(6-8-13)12-16(14,15)10-5-3-4-7-11-10/h3-5,7,9,12-13H,2,6,8H2,1H3. The maximum Gasteiger partial charge on any atom is 0.258 e. The van der Waals surface area contributed by atoms with Gasteiger partial charge >= 0.3 is 0 Å². The second kappa shape index (κ2) is 5.93. The molecule has 0 aliphatic carbocycles. The number of aliphatic hydroxyl groups is 1. The van der Waals surface area contributed by atoms with Crippen LogP contribution in [0.1, 0.15) is 19.8 Å². The number of nitrogens with zero attached hydrogens (tertiary/aromatic N) is 1. The number of rotatable bonds is 6. The molecule has 1 aromatic heterocycles. The van der Waals surface area contributed by atoms with Crippen LogP contribution in [-0.2, 0) is 10.0 Å². The Labute approximate surface area is 95.6 Å². The predicted molar refractivity (Wildman–Crippen MR) is 60.3 cm³/mol. The van der Waals surface area contributed by atoms with Gasteiger partial charge in [0, 0.05) is 18.8 Å². The van der Waals surface area contributed by atoms with Crippen molar-refractivity contribution < 1.29 is 13.5 Å². The first-order valence-electron chi connectivity index (χ1n) is 5.14. The van der Waals surface area contributed by atoms with Crippen molar-refractivity contribution in [1.29, 1.82) is 0 Å². The molecule has 2 N–H and O–H groups in total. The van der Waals surface area contributed by atoms with Crippen molar-refractivity contribution in [3.63, 3.8) is 0 Å². The number of hydrogen-bond acceptors (Lipinski definition) is 4. The Morgan fingerprint density at radius 1 is 1.50 bits per heavy atom. The van der Waals surface area contributed by atoms with E-state index >= 15 is 0 Å². The maximum absolute atomic E-state index is 11.8. The fraction of sp³-hybridized carbons (Fsp3) is 0.500. The molecule has 0 saturated carbocycles. The van der Waals surface area contributed by atoms with Gasteiger partial charge in [0.25, 0.3) is 10.0 Å². The van der Waals surface area contributed by atoms with E-state index in [4.69, 9.17) is 5.11 Å². The number of nitrogens with one attached hydrogen (secondary N) is 1. The van der Waals surface area contributed by atoms with Crippen molar-refractivity contribution in [3.8, 4) is 0 Å². The van der Waals surface area contributed by atoms with Crippen molar-refractivity contribution in [2.24, 2.45) is 0 Å². The van der Waals surface area contributed by atoms with Crippen LogP contribution in [0.25, 0.3) is 0 Å². The van der Waals surface area contributed by atoms with E-state index in [-0.39, 0.29) is 17.7 Å². The summed E-state index contributed by atoms with van der Waals surface area (Å²) in [5.74, 6) is 0. The van der Waals surface area contributed by atoms with E-state index in [1.54, 1.807) is 12.1 Å². The Balaban J connectivity index is 2.79. The van der Waals surface area contributed by atoms with Crippen LogP contribution in [0.3, 0.4) is 0 Å². The Bertz CT molecular complexity index is 405. The van der Waals surface area contributed by atoms with Crippen LogP contribution >= 0.6 is 0 Å². The molecule has 1 rings (SSSR count). The molecule has 5 nitrogen and oxygen atoms in total. The summed E-state index contributed by atoms with van der Waals surface area (Å²) < 4.78 is 26.2. The number of aliphatic hydroxyl groups excluding tert-OH is 1. The van der Waals surface area contributed by atoms with Crippen LogP contribution in [0.15, 0.2) is 29.4 Å². The molecule has 0 fully saturated rings. The third kappa shape index (κ3) is 3.55. The SMILES string of the molecule is CCC(CCO)NS(=O)(=O)c1ccccn1. The summed E-state index contributed by atoms with van der Waals surface area (Å²) in [5.41, 5.74) is 0. The molecule has 1 unspecified atom stereocenters. The molecule has 1 heterocycles. The van der Waals surface area contributed by atoms with E-state index in [1.807, 2.05) is 6.92 Å². The number of aromatic nitrogens is 1. The molecule has 90 valence electrons. The Morgan fingerprint density at radius 2 is 2.25 bits per heavy atom. The lowest BCUT2D eigenvalue weighted by Gasteiger charge is -2.15. The fourth-order valence-electron chi connectivity index (χ4n) is 1.29. The molecule has 0 spiro atoms. The molecule has 1 atom stereocenters. The fourth-order valence-corrected chi connectivity index (χ4v) is 2.59. The minimum Gasteiger partial charge on any atom is -0.396 e. The van der Waals surface area contributed by atoms with Gasteiger partial charge < -0.3 is 5.11 Å². The highest BCUT2D eigenvalue weighted by Crippen LogP contribution is 2.07. The van der Waals surface area contributed by atoms with Gasteiger partial charge in [-0.3, -0.25) is 0 Å². The zero-order valence-electron chi connectivity index (χ0n) is 9.13. The van der Waals surface area contributed by atoms with Gasteiger partial charge in [0.15, 0.2) is 5.03 Å². The molecule has 0 bridgehead atoms. The average molecular weight is 244 g/mol. The second-order valence-electron chi connectivity index (χ2n) is 3.41. The van der Waals surface area contributed by atoms with Gasteiger partial charge in [0.05, 0.1) is 0 Å². The van der Waals surface area contributed by atoms with Crippen LogP contribution in [0.4, 0.5) is 0 Å². The van der Waals surface area contributed by atoms with Gasteiger partial charge in [-0.25, -0.2) is 18.1 Å². The van der Waals surface area contributed by atoms with Crippen LogP contribution in [0.2, 0.25) is 0 Å². The van der Waals surface area contributed by atoms with E-state index in [0.717, 1.165) is 0 Å². The smallest absolute Gasteiger partial charge is 0.258 e. The Hall–Kier alpha value is -0.980. The Kier molecular flexibility index (Phi) is 4.85. The van der Waals surface area contributed by atoms with E-state index in [2.05, 4.69) is 9.71 Å². The molecule has 0 amide bonds. The van der Waals surface area contributed by atoms with Crippen LogP contribution in [0.5, 0.6) is 0 Å². The van der Waals surface area contributed by atoms with Crippen molar-refractivity contribution in [2.45, 2.75) is 30.8 Å². The zero-order valence-corrected chi connectivity index (χ0v) is 9.94. The van der Waals surface area contributed by atoms with E-state index in [0.29, 0.717) is 12.8 Å². The first kappa shape index (κ1) is 13.1. The number of pyridine rings is 1. The first-order chi connectivity index (χ1) is 7.60. The predicted octanol–water partition coefficient (Wildman–Crippen LogP) is 0.521. The molecule has 0 saturated heterocycles. The number of hydrogen-bond donors (Lipinski definition) is 2. The largest absolute Gasteiger partial charge is 0.396 e. The van der Waals surface area contributed by atoms with E-state index in [9.17, 15) is 8.42 Å². The second-order valence-corrected chi connectivity index (χ2v) is 5.07. The van der Waals surface area contributed by atoms with Gasteiger partial charge in [0.1, 0.15) is 0 Å². The van der Waals surface area contributed by atoms with Gasteiger partial charge in [-0.2, -0.15) is 0 Å². The molecule has 0 aromatic carbocycles. The summed E-state index contributed by atoms with van der Waals surface area (Å²) >= 11 is 0. The van der Waals surface area contributed by atoms with Crippen molar-refractivity contribution in [2.75, 3.05) is 6.61 Å². The highest BCUT2D eigenvalue weighted by Gasteiger charge is 2.19. The van der Waals surface area contributed by atoms with Crippen LogP contribution in [0, 0.1) is 0 Å². The van der Waals surface area contributed by atoms with Crippen molar-refractivity contribution >= 4 is 10.0 Å². The highest BCUT2D eigenvalue weighted by atomic mass is 32.2. The molecule has 16 heavy (non-hydrogen) atoms. The quantitative estimate of drug-likeness (QED) is 0.764. The molecular formula is C10H16N2O3S. The normalized spacial score (nSPS) is 13.6. The zero-order chi connectivity index (χ0) is 12.0. The third-order valence-electron chi connectivity index (χ3n) is 2.21. The highest BCUT2D eigenvalue weighted by molar-refractivity contribution is 7.89. The van der Waals surface area contributed by atoms with Gasteiger partial charge in [-0.15, -0.1) is 0 Å². The summed E-state index contributed by atoms with van der Waals surface area (Å²) in [6.45, 7) is 1.82. The lowest BCUT2D eigenvalue weighted by atomic mass is 10.2. The molecule has 6 heteroatoms. The summed E-state index contributed by atoms with van der Waals surface area (Å²) in [5, 5.41) is 8.79. The first-order valence-corrected chi connectivity index (χ1v) is 6.62. The Morgan fingerprint density at radius 3 is 2.75 bits per heavy atom. The molecule has 0 aliphatic heterocycles. The topological polar surface area (TPSA) is 79.3 Å². The summed E-state index contributed by atoms with van der Waals surface area (Å²) in [7, 11) is -3.57. The van der Waals surface area contributed by atoms with Gasteiger partial charge in [0.2, 0.25) is 0 Å². The van der Waals surface area contributed by atoms with Crippen LogP contribution < -0.4 is 4.72 Å². The number of sulfonamides is 1. The summed E-state index contributed by atoms with van der Waals surface area (Å²) in [6, 6.07) is 4.46. The third-order valence-corrected chi connectivity index (χ3v) is 3.64. The lowest BCUT2D eigenvalue weighted by molar-refractivity contribution is 0.270. The van der Waals surface area contributed by atoms with E-state index in [1.165, 1.54) is 12.3 Å². The van der Waals surface area contributed by atoms with E-state index < -0.39 is 10.0 Å². The summed E-state index contributed by atoms with van der Waals surface area (Å²) in [6.07, 6.45) is 2.47. The molecule has 1 aromatic rings. The minimum atomic E-state index is -3.57. The summed E-state index contributed by atoms with van der Waals surface area (Å²) in [4.78, 5) is 3.78. The van der Waals surface area contributed by atoms with Crippen LogP contribution in [-0.4, -0.2) is 31.2 Å². The maximum atomic E-state index is 11.8. The lowest BCUT2D eigenvalue weighted by Crippen LogP contribution is -2.35. The molecular weight excluding hydrogens is 228 g/mol. The average Bonchev–Trinajstić information content (AvgIpc) is 2.29. The minimum absolute atomic E-state index is 0.00592. The van der Waals surface area contributed by atoms with Gasteiger partial charge in [-0.05, 0) is 25.0 Å². The van der Waals surface area contributed by atoms with Gasteiger partial charge in [-0.1, -0.05) is 13.0 Å².